The Morgan fingerprint density at radius 1 is 0.824 bits per heavy atom. The lowest BCUT2D eigenvalue weighted by Gasteiger charge is -2.34. The second kappa shape index (κ2) is 8.16. The lowest BCUT2D eigenvalue weighted by molar-refractivity contribution is 0.164. The summed E-state index contributed by atoms with van der Waals surface area (Å²) in [7, 11) is 0. The van der Waals surface area contributed by atoms with Crippen LogP contribution in [0.1, 0.15) is 87.0 Å². The highest BCUT2D eigenvalue weighted by molar-refractivity contribution is 4.77. The normalized spacial score (nSPS) is 17.8. The zero-order chi connectivity index (χ0) is 13.5. The van der Waals surface area contributed by atoms with E-state index in [-0.39, 0.29) is 0 Å². The van der Waals surface area contributed by atoms with Crippen LogP contribution in [0.15, 0.2) is 0 Å². The van der Waals surface area contributed by atoms with Crippen LogP contribution in [0.4, 0.5) is 0 Å². The van der Waals surface area contributed by atoms with Crippen molar-refractivity contribution in [2.24, 2.45) is 23.2 Å². The summed E-state index contributed by atoms with van der Waals surface area (Å²) in [5, 5.41) is 0. The molecule has 3 atom stereocenters. The van der Waals surface area contributed by atoms with Gasteiger partial charge in [0.05, 0.1) is 0 Å². The van der Waals surface area contributed by atoms with Crippen LogP contribution in [0.5, 0.6) is 0 Å². The van der Waals surface area contributed by atoms with Gasteiger partial charge in [-0.15, -0.1) is 0 Å². The van der Waals surface area contributed by atoms with E-state index in [9.17, 15) is 0 Å². The molecule has 0 aromatic rings. The molecule has 0 heteroatoms. The lowest BCUT2D eigenvalue weighted by Crippen LogP contribution is -2.24. The maximum absolute atomic E-state index is 2.47. The van der Waals surface area contributed by atoms with Gasteiger partial charge in [0.25, 0.3) is 0 Å². The van der Waals surface area contributed by atoms with Gasteiger partial charge in [0.15, 0.2) is 0 Å². The van der Waals surface area contributed by atoms with Gasteiger partial charge in [-0.05, 0) is 29.6 Å². The second-order valence-corrected chi connectivity index (χ2v) is 7.05. The van der Waals surface area contributed by atoms with Crippen molar-refractivity contribution in [3.8, 4) is 0 Å². The average molecular weight is 240 g/mol. The highest BCUT2D eigenvalue weighted by atomic mass is 14.3. The summed E-state index contributed by atoms with van der Waals surface area (Å²) in [5.74, 6) is 2.66. The van der Waals surface area contributed by atoms with Crippen molar-refractivity contribution in [3.63, 3.8) is 0 Å². The molecule has 0 heterocycles. The fraction of sp³-hybridized carbons (Fsp3) is 1.00. The van der Waals surface area contributed by atoms with Crippen molar-refractivity contribution in [3.05, 3.63) is 0 Å². The maximum atomic E-state index is 2.47. The molecule has 0 N–H and O–H groups in total. The van der Waals surface area contributed by atoms with Crippen molar-refractivity contribution < 1.29 is 0 Å². The number of rotatable bonds is 9. The molecule has 0 amide bonds. The first-order valence-corrected chi connectivity index (χ1v) is 7.83. The predicted molar refractivity (Wildman–Crippen MR) is 80.3 cm³/mol. The molecule has 0 aliphatic carbocycles. The Bertz CT molecular complexity index is 180. The molecule has 0 nitrogen and oxygen atoms in total. The van der Waals surface area contributed by atoms with Crippen LogP contribution < -0.4 is 0 Å². The van der Waals surface area contributed by atoms with E-state index in [2.05, 4.69) is 48.5 Å². The van der Waals surface area contributed by atoms with Crippen molar-refractivity contribution in [1.29, 1.82) is 0 Å². The first kappa shape index (κ1) is 17.0. The van der Waals surface area contributed by atoms with Gasteiger partial charge < -0.3 is 0 Å². The molecule has 0 spiro atoms. The van der Waals surface area contributed by atoms with E-state index in [1.165, 1.54) is 38.5 Å². The van der Waals surface area contributed by atoms with Gasteiger partial charge in [0.1, 0.15) is 0 Å². The van der Waals surface area contributed by atoms with E-state index < -0.39 is 0 Å². The van der Waals surface area contributed by atoms with Crippen molar-refractivity contribution in [1.82, 2.24) is 0 Å². The van der Waals surface area contributed by atoms with Crippen molar-refractivity contribution in [2.45, 2.75) is 87.0 Å². The molecular formula is C17H36. The van der Waals surface area contributed by atoms with Crippen LogP contribution in [0.2, 0.25) is 0 Å². The fourth-order valence-corrected chi connectivity index (χ4v) is 2.61. The van der Waals surface area contributed by atoms with Crippen molar-refractivity contribution >= 4 is 0 Å². The minimum atomic E-state index is 0.519. The molecule has 0 saturated carbocycles. The van der Waals surface area contributed by atoms with Gasteiger partial charge in [-0.2, -0.15) is 0 Å². The largest absolute Gasteiger partial charge is 0.0651 e. The Kier molecular flexibility index (Phi) is 8.16. The van der Waals surface area contributed by atoms with Gasteiger partial charge in [-0.3, -0.25) is 0 Å². The van der Waals surface area contributed by atoms with E-state index in [1.54, 1.807) is 0 Å². The minimum absolute atomic E-state index is 0.519. The molecule has 0 radical (unpaired) electrons. The van der Waals surface area contributed by atoms with Gasteiger partial charge in [0, 0.05) is 0 Å². The molecule has 0 fully saturated rings. The fourth-order valence-electron chi connectivity index (χ4n) is 2.61. The summed E-state index contributed by atoms with van der Waals surface area (Å²) in [4.78, 5) is 0. The SMILES string of the molecule is CCC(C)CCCC(C)C(C)(C)CC(C)CC. The third kappa shape index (κ3) is 7.11. The summed E-state index contributed by atoms with van der Waals surface area (Å²) >= 11 is 0. The molecular weight excluding hydrogens is 204 g/mol. The molecule has 0 aliphatic heterocycles. The lowest BCUT2D eigenvalue weighted by atomic mass is 9.71. The van der Waals surface area contributed by atoms with Crippen LogP contribution in [0, 0.1) is 23.2 Å². The zero-order valence-corrected chi connectivity index (χ0v) is 13.5. The van der Waals surface area contributed by atoms with Crippen molar-refractivity contribution in [2.75, 3.05) is 0 Å². The summed E-state index contributed by atoms with van der Waals surface area (Å²) < 4.78 is 0. The second-order valence-electron chi connectivity index (χ2n) is 7.05. The number of hydrogen-bond acceptors (Lipinski definition) is 0. The summed E-state index contributed by atoms with van der Waals surface area (Å²) in [6.45, 7) is 16.8. The van der Waals surface area contributed by atoms with E-state index in [1.807, 2.05) is 0 Å². The Morgan fingerprint density at radius 2 is 1.35 bits per heavy atom. The Hall–Kier alpha value is 0. The monoisotopic (exact) mass is 240 g/mol. The van der Waals surface area contributed by atoms with Gasteiger partial charge in [-0.25, -0.2) is 0 Å². The molecule has 104 valence electrons. The quantitative estimate of drug-likeness (QED) is 0.443. The van der Waals surface area contributed by atoms with Crippen LogP contribution in [0.25, 0.3) is 0 Å². The number of hydrogen-bond donors (Lipinski definition) is 0. The summed E-state index contributed by atoms with van der Waals surface area (Å²) in [5.41, 5.74) is 0.519. The van der Waals surface area contributed by atoms with Crippen LogP contribution in [-0.2, 0) is 0 Å². The van der Waals surface area contributed by atoms with E-state index in [0.29, 0.717) is 5.41 Å². The maximum Gasteiger partial charge on any atom is -0.0326 e. The van der Waals surface area contributed by atoms with Crippen LogP contribution in [-0.4, -0.2) is 0 Å². The summed E-state index contributed by atoms with van der Waals surface area (Å²) in [6, 6.07) is 0. The first-order chi connectivity index (χ1) is 7.83. The molecule has 0 aliphatic rings. The molecule has 17 heavy (non-hydrogen) atoms. The van der Waals surface area contributed by atoms with Crippen LogP contribution in [0.3, 0.4) is 0 Å². The average Bonchev–Trinajstić information content (AvgIpc) is 2.27. The standard InChI is InChI=1S/C17H36/c1-8-14(3)11-10-12-16(5)17(6,7)13-15(4)9-2/h14-16H,8-13H2,1-7H3. The molecule has 0 saturated heterocycles. The van der Waals surface area contributed by atoms with E-state index in [0.717, 1.165) is 17.8 Å². The predicted octanol–water partition coefficient (Wildman–Crippen LogP) is 6.30. The highest BCUT2D eigenvalue weighted by Crippen LogP contribution is 2.37. The highest BCUT2D eigenvalue weighted by Gasteiger charge is 2.26. The topological polar surface area (TPSA) is 0 Å². The molecule has 0 bridgehead atoms. The van der Waals surface area contributed by atoms with E-state index in [4.69, 9.17) is 0 Å². The summed E-state index contributed by atoms with van der Waals surface area (Å²) in [6.07, 6.45) is 8.29. The molecule has 0 aromatic heterocycles. The zero-order valence-electron chi connectivity index (χ0n) is 13.5. The van der Waals surface area contributed by atoms with E-state index >= 15 is 0 Å². The van der Waals surface area contributed by atoms with Crippen LogP contribution >= 0.6 is 0 Å². The molecule has 3 unspecified atom stereocenters. The van der Waals surface area contributed by atoms with Gasteiger partial charge in [0.2, 0.25) is 0 Å². The van der Waals surface area contributed by atoms with Gasteiger partial charge >= 0.3 is 0 Å². The van der Waals surface area contributed by atoms with Gasteiger partial charge in [-0.1, -0.05) is 80.6 Å². The Labute approximate surface area is 111 Å². The third-order valence-electron chi connectivity index (χ3n) is 4.94. The molecule has 0 aromatic carbocycles. The first-order valence-electron chi connectivity index (χ1n) is 7.83. The third-order valence-corrected chi connectivity index (χ3v) is 4.94. The Balaban J connectivity index is 3.97. The molecule has 0 rings (SSSR count). The Morgan fingerprint density at radius 3 is 1.82 bits per heavy atom. The smallest absolute Gasteiger partial charge is 0.0326 e. The minimum Gasteiger partial charge on any atom is -0.0651 e.